The number of nitrogens with one attached hydrogen (secondary N) is 1. The van der Waals surface area contributed by atoms with Crippen molar-refractivity contribution in [3.8, 4) is 0 Å². The van der Waals surface area contributed by atoms with Gasteiger partial charge < -0.3 is 24.3 Å². The molecule has 180 valence electrons. The van der Waals surface area contributed by atoms with E-state index in [1.54, 1.807) is 26.8 Å². The Bertz CT molecular complexity index is 629. The van der Waals surface area contributed by atoms with Crippen LogP contribution in [0.5, 0.6) is 0 Å². The van der Waals surface area contributed by atoms with E-state index in [1.165, 1.54) is 0 Å². The van der Waals surface area contributed by atoms with Crippen LogP contribution in [-0.2, 0) is 18.9 Å². The average Bonchev–Trinajstić information content (AvgIpc) is 2.60. The minimum atomic E-state index is -4.49. The Morgan fingerprint density at radius 3 is 2.19 bits per heavy atom. The van der Waals surface area contributed by atoms with E-state index < -0.39 is 23.4 Å². The number of hydrogen-bond donors (Lipinski definition) is 1. The Hall–Kier alpha value is -1.78. The second-order valence-electron chi connectivity index (χ2n) is 7.21. The average molecular weight is 473 g/mol. The number of aliphatic imine (C=N–C) groups is 1. The molecule has 0 aliphatic carbocycles. The summed E-state index contributed by atoms with van der Waals surface area (Å²) in [4.78, 5) is 15.3. The molecule has 0 bridgehead atoms. The Morgan fingerprint density at radius 1 is 1.06 bits per heavy atom. The quantitative estimate of drug-likeness (QED) is 0.188. The summed E-state index contributed by atoms with van der Waals surface area (Å²) in [5.74, 6) is -0.252. The van der Waals surface area contributed by atoms with Crippen molar-refractivity contribution in [1.82, 2.24) is 5.32 Å². The molecule has 0 radical (unpaired) electrons. The van der Waals surface area contributed by atoms with Crippen molar-refractivity contribution in [3.05, 3.63) is 22.9 Å². The number of allylic oxidation sites excluding steroid dienone is 2. The Labute approximate surface area is 186 Å². The van der Waals surface area contributed by atoms with Crippen molar-refractivity contribution < 1.29 is 36.9 Å². The molecule has 0 fully saturated rings. The zero-order chi connectivity index (χ0) is 23.9. The van der Waals surface area contributed by atoms with Crippen LogP contribution in [0.15, 0.2) is 27.9 Å². The maximum Gasteiger partial charge on any atom is 0.412 e. The smallest absolute Gasteiger partial charge is 0.412 e. The normalized spacial score (nSPS) is 13.9. The predicted octanol–water partition coefficient (Wildman–Crippen LogP) is 4.96. The first-order valence-corrected chi connectivity index (χ1v) is 10.2. The third-order valence-corrected chi connectivity index (χ3v) is 3.38. The minimum absolute atomic E-state index is 0.0169. The van der Waals surface area contributed by atoms with Crippen LogP contribution in [0.4, 0.5) is 18.0 Å². The van der Waals surface area contributed by atoms with E-state index >= 15 is 0 Å². The molecular weight excluding hydrogens is 441 g/mol. The van der Waals surface area contributed by atoms with Gasteiger partial charge >= 0.3 is 12.3 Å². The molecule has 0 unspecified atom stereocenters. The molecule has 0 saturated carbocycles. The van der Waals surface area contributed by atoms with Gasteiger partial charge in [0, 0.05) is 18.2 Å². The number of alkyl halides is 3. The largest absolute Gasteiger partial charge is 0.475 e. The van der Waals surface area contributed by atoms with Gasteiger partial charge in [0.05, 0.1) is 26.4 Å². The monoisotopic (exact) mass is 472 g/mol. The fraction of sp³-hybridized carbons (Fsp3) is 0.700. The summed E-state index contributed by atoms with van der Waals surface area (Å²) < 4.78 is 59.1. The maximum atomic E-state index is 12.7. The summed E-state index contributed by atoms with van der Waals surface area (Å²) in [6.45, 7) is 9.22. The molecule has 11 heteroatoms. The molecule has 31 heavy (non-hydrogen) atoms. The summed E-state index contributed by atoms with van der Waals surface area (Å²) in [5.41, 5.74) is -1.42. The van der Waals surface area contributed by atoms with E-state index in [-0.39, 0.29) is 50.6 Å². The standard InChI is InChI=1S/C20H32ClF3N2O5/c1-6-7-16(21)26-17(14-15(2)20(22,23)24)30-13-12-29-11-10-28-9-8-25-18(27)31-19(3,4)5/h7,14H,6,8-13H2,1-5H3,(H,25,27)/b15-14+,16-7+,26-17+. The van der Waals surface area contributed by atoms with Crippen molar-refractivity contribution in [2.24, 2.45) is 4.99 Å². The minimum Gasteiger partial charge on any atom is -0.475 e. The highest BCUT2D eigenvalue weighted by molar-refractivity contribution is 6.30. The van der Waals surface area contributed by atoms with Crippen LogP contribution >= 0.6 is 11.6 Å². The van der Waals surface area contributed by atoms with Crippen molar-refractivity contribution in [2.75, 3.05) is 39.6 Å². The zero-order valence-electron chi connectivity index (χ0n) is 18.6. The summed E-state index contributed by atoms with van der Waals surface area (Å²) in [7, 11) is 0. The highest BCUT2D eigenvalue weighted by Gasteiger charge is 2.30. The number of hydrogen-bond acceptors (Lipinski definition) is 6. The van der Waals surface area contributed by atoms with Gasteiger partial charge in [0.25, 0.3) is 0 Å². The van der Waals surface area contributed by atoms with Crippen LogP contribution in [0.2, 0.25) is 0 Å². The number of carbonyl (C=O) groups excluding carboxylic acids is 1. The molecule has 0 aliphatic rings. The van der Waals surface area contributed by atoms with E-state index in [1.807, 2.05) is 6.92 Å². The second-order valence-corrected chi connectivity index (χ2v) is 7.60. The molecule has 1 N–H and O–H groups in total. The number of carbonyl (C=O) groups is 1. The van der Waals surface area contributed by atoms with E-state index in [4.69, 9.17) is 30.5 Å². The summed E-state index contributed by atoms with van der Waals surface area (Å²) in [5, 5.41) is 2.59. The van der Waals surface area contributed by atoms with E-state index in [9.17, 15) is 18.0 Å². The lowest BCUT2D eigenvalue weighted by Gasteiger charge is -2.19. The van der Waals surface area contributed by atoms with Crippen LogP contribution in [0.1, 0.15) is 41.0 Å². The Balaban J connectivity index is 4.15. The number of halogens is 4. The fourth-order valence-electron chi connectivity index (χ4n) is 1.76. The highest BCUT2D eigenvalue weighted by Crippen LogP contribution is 2.25. The van der Waals surface area contributed by atoms with Crippen LogP contribution in [-0.4, -0.2) is 63.3 Å². The molecular formula is C20H32ClF3N2O5. The molecule has 0 atom stereocenters. The Morgan fingerprint density at radius 2 is 1.65 bits per heavy atom. The first kappa shape index (κ1) is 29.2. The lowest BCUT2D eigenvalue weighted by Crippen LogP contribution is -2.34. The molecule has 1 amide bonds. The number of ether oxygens (including phenoxy) is 4. The molecule has 0 aromatic carbocycles. The summed E-state index contributed by atoms with van der Waals surface area (Å²) in [6.07, 6.45) is -2.10. The third-order valence-electron chi connectivity index (χ3n) is 3.14. The van der Waals surface area contributed by atoms with Crippen molar-refractivity contribution in [1.29, 1.82) is 0 Å². The van der Waals surface area contributed by atoms with Gasteiger partial charge in [-0.25, -0.2) is 9.79 Å². The molecule has 0 spiro atoms. The molecule has 0 aromatic heterocycles. The maximum absolute atomic E-state index is 12.7. The first-order chi connectivity index (χ1) is 14.3. The molecule has 0 aliphatic heterocycles. The van der Waals surface area contributed by atoms with Gasteiger partial charge in [-0.1, -0.05) is 18.5 Å². The Kier molecular flexibility index (Phi) is 14.2. The fourth-order valence-corrected chi connectivity index (χ4v) is 2.00. The van der Waals surface area contributed by atoms with Gasteiger partial charge in [0.1, 0.15) is 17.4 Å². The highest BCUT2D eigenvalue weighted by atomic mass is 35.5. The predicted molar refractivity (Wildman–Crippen MR) is 113 cm³/mol. The topological polar surface area (TPSA) is 78.4 Å². The zero-order valence-corrected chi connectivity index (χ0v) is 19.4. The van der Waals surface area contributed by atoms with Crippen LogP contribution < -0.4 is 5.32 Å². The molecule has 7 nitrogen and oxygen atoms in total. The van der Waals surface area contributed by atoms with Gasteiger partial charge in [-0.15, -0.1) is 0 Å². The van der Waals surface area contributed by atoms with E-state index in [2.05, 4.69) is 10.3 Å². The van der Waals surface area contributed by atoms with Crippen molar-refractivity contribution in [2.45, 2.75) is 52.8 Å². The number of alkyl carbamates (subject to hydrolysis) is 1. The lowest BCUT2D eigenvalue weighted by molar-refractivity contribution is -0.0913. The van der Waals surface area contributed by atoms with E-state index in [0.29, 0.717) is 6.42 Å². The van der Waals surface area contributed by atoms with Gasteiger partial charge in [-0.05, 0) is 40.2 Å². The van der Waals surface area contributed by atoms with Gasteiger partial charge in [0.15, 0.2) is 0 Å². The van der Waals surface area contributed by atoms with Crippen molar-refractivity contribution >= 4 is 23.6 Å². The SMILES string of the molecule is CC/C=C(Cl)/N=C(\C=C(/C)C(F)(F)F)OCCOCCOCCNC(=O)OC(C)(C)C. The van der Waals surface area contributed by atoms with Crippen LogP contribution in [0.3, 0.4) is 0 Å². The summed E-state index contributed by atoms with van der Waals surface area (Å²) >= 11 is 5.85. The molecule has 0 heterocycles. The first-order valence-electron chi connectivity index (χ1n) is 9.80. The number of amides is 1. The summed E-state index contributed by atoms with van der Waals surface area (Å²) in [6, 6.07) is 0. The number of rotatable bonds is 12. The molecule has 0 saturated heterocycles. The second kappa shape index (κ2) is 15.1. The van der Waals surface area contributed by atoms with Gasteiger partial charge in [0.2, 0.25) is 5.90 Å². The third kappa shape index (κ3) is 17.6. The van der Waals surface area contributed by atoms with Gasteiger partial charge in [-0.2, -0.15) is 13.2 Å². The lowest BCUT2D eigenvalue weighted by atomic mass is 10.2. The van der Waals surface area contributed by atoms with Gasteiger partial charge in [-0.3, -0.25) is 0 Å². The molecule has 0 aromatic rings. The van der Waals surface area contributed by atoms with Crippen molar-refractivity contribution in [3.63, 3.8) is 0 Å². The van der Waals surface area contributed by atoms with Crippen LogP contribution in [0, 0.1) is 0 Å². The van der Waals surface area contributed by atoms with Crippen LogP contribution in [0.25, 0.3) is 0 Å². The molecule has 0 rings (SSSR count). The van der Waals surface area contributed by atoms with E-state index in [0.717, 1.165) is 13.0 Å². The number of nitrogens with zero attached hydrogens (tertiary/aromatic N) is 1.